The third-order valence-corrected chi connectivity index (χ3v) is 6.98. The molecule has 0 spiro atoms. The number of nitrogens with one attached hydrogen (secondary N) is 1. The molecule has 0 unspecified atom stereocenters. The van der Waals surface area contributed by atoms with Gasteiger partial charge in [-0.3, -0.25) is 14.5 Å². The van der Waals surface area contributed by atoms with Gasteiger partial charge >= 0.3 is 0 Å². The number of anilines is 1. The first-order valence-corrected chi connectivity index (χ1v) is 11.6. The SMILES string of the molecule is CC1(c2ccc(N(C(=O)[C@H](F)Cl)[C@](C)(C(=O)NC3CCOCC3)c3cncnc3)cc2)CC1. The van der Waals surface area contributed by atoms with Crippen LogP contribution in [0.1, 0.15) is 50.7 Å². The average Bonchev–Trinajstić information content (AvgIpc) is 3.59. The topological polar surface area (TPSA) is 84.4 Å². The van der Waals surface area contributed by atoms with Gasteiger partial charge < -0.3 is 10.1 Å². The third-order valence-electron chi connectivity index (χ3n) is 6.80. The van der Waals surface area contributed by atoms with Crippen LogP contribution in [0.3, 0.4) is 0 Å². The van der Waals surface area contributed by atoms with E-state index in [4.69, 9.17) is 16.3 Å². The van der Waals surface area contributed by atoms with E-state index in [1.807, 2.05) is 12.1 Å². The summed E-state index contributed by atoms with van der Waals surface area (Å²) < 4.78 is 19.7. The van der Waals surface area contributed by atoms with Crippen LogP contribution in [-0.4, -0.2) is 46.7 Å². The molecule has 4 rings (SSSR count). The number of amides is 2. The molecule has 0 radical (unpaired) electrons. The fourth-order valence-electron chi connectivity index (χ4n) is 4.27. The second-order valence-corrected chi connectivity index (χ2v) is 9.52. The largest absolute Gasteiger partial charge is 0.381 e. The molecule has 1 saturated heterocycles. The Bertz CT molecular complexity index is 995. The van der Waals surface area contributed by atoms with Gasteiger partial charge in [0.15, 0.2) is 5.54 Å². The van der Waals surface area contributed by atoms with Crippen molar-refractivity contribution in [3.8, 4) is 0 Å². The van der Waals surface area contributed by atoms with Gasteiger partial charge in [0, 0.05) is 42.9 Å². The lowest BCUT2D eigenvalue weighted by molar-refractivity contribution is -0.132. The first kappa shape index (κ1) is 23.6. The molecule has 2 heterocycles. The minimum atomic E-state index is -2.33. The molecule has 2 aromatic rings. The fraction of sp³-hybridized carbons (Fsp3) is 0.500. The summed E-state index contributed by atoms with van der Waals surface area (Å²) in [4.78, 5) is 36.1. The molecular weight excluding hydrogens is 447 g/mol. The Kier molecular flexibility index (Phi) is 6.68. The predicted octanol–water partition coefficient (Wildman–Crippen LogP) is 3.61. The summed E-state index contributed by atoms with van der Waals surface area (Å²) in [6.07, 6.45) is 7.73. The van der Waals surface area contributed by atoms with E-state index in [9.17, 15) is 14.0 Å². The Labute approximate surface area is 197 Å². The van der Waals surface area contributed by atoms with Gasteiger partial charge in [0.2, 0.25) is 0 Å². The van der Waals surface area contributed by atoms with Gasteiger partial charge in [-0.1, -0.05) is 30.7 Å². The zero-order chi connectivity index (χ0) is 23.6. The van der Waals surface area contributed by atoms with Crippen LogP contribution in [0, 0.1) is 0 Å². The van der Waals surface area contributed by atoms with E-state index >= 15 is 0 Å². The molecule has 2 aliphatic rings. The molecule has 1 aromatic carbocycles. The molecule has 1 aliphatic heterocycles. The third kappa shape index (κ3) is 4.73. The molecule has 2 atom stereocenters. The number of halogens is 2. The van der Waals surface area contributed by atoms with Crippen LogP contribution in [-0.2, 0) is 25.3 Å². The van der Waals surface area contributed by atoms with Crippen LogP contribution < -0.4 is 10.2 Å². The minimum absolute atomic E-state index is 0.124. The number of benzene rings is 1. The molecule has 9 heteroatoms. The maximum absolute atomic E-state index is 14.3. The number of nitrogens with zero attached hydrogens (tertiary/aromatic N) is 3. The Hall–Kier alpha value is -2.58. The second kappa shape index (κ2) is 9.35. The number of carbonyl (C=O) groups is 2. The maximum atomic E-state index is 14.3. The molecular formula is C24H28ClFN4O3. The number of hydrogen-bond acceptors (Lipinski definition) is 5. The number of carbonyl (C=O) groups excluding carboxylic acids is 2. The molecule has 1 saturated carbocycles. The fourth-order valence-corrected chi connectivity index (χ4v) is 4.37. The van der Waals surface area contributed by atoms with Gasteiger partial charge in [-0.15, -0.1) is 0 Å². The molecule has 0 bridgehead atoms. The highest BCUT2D eigenvalue weighted by atomic mass is 35.5. The number of hydrogen-bond donors (Lipinski definition) is 1. The normalized spacial score (nSPS) is 20.4. The quantitative estimate of drug-likeness (QED) is 0.620. The minimum Gasteiger partial charge on any atom is -0.381 e. The standard InChI is InChI=1S/C24H28ClFN4O3/c1-23(9-10-23)16-3-5-19(6-4-16)30(21(31)20(25)26)24(2,17-13-27-15-28-14-17)22(32)29-18-7-11-33-12-8-18/h3-6,13-15,18,20H,7-12H2,1-2H3,(H,29,32)/t20-,24-/m0/s1. The van der Waals surface area contributed by atoms with Crippen molar-refractivity contribution in [1.82, 2.24) is 15.3 Å². The van der Waals surface area contributed by atoms with Gasteiger partial charge in [0.25, 0.3) is 17.4 Å². The summed E-state index contributed by atoms with van der Waals surface area (Å²) in [6.45, 7) is 4.81. The number of aromatic nitrogens is 2. The van der Waals surface area contributed by atoms with Crippen molar-refractivity contribution in [2.75, 3.05) is 18.1 Å². The second-order valence-electron chi connectivity index (χ2n) is 9.14. The van der Waals surface area contributed by atoms with E-state index in [1.54, 1.807) is 19.1 Å². The van der Waals surface area contributed by atoms with Crippen LogP contribution in [0.5, 0.6) is 0 Å². The monoisotopic (exact) mass is 474 g/mol. The predicted molar refractivity (Wildman–Crippen MR) is 123 cm³/mol. The van der Waals surface area contributed by atoms with Gasteiger partial charge in [0.1, 0.15) is 6.33 Å². The highest BCUT2D eigenvalue weighted by Gasteiger charge is 2.48. The highest BCUT2D eigenvalue weighted by molar-refractivity contribution is 6.32. The molecule has 1 aliphatic carbocycles. The van der Waals surface area contributed by atoms with Crippen molar-refractivity contribution in [2.45, 2.75) is 62.2 Å². The molecule has 33 heavy (non-hydrogen) atoms. The molecule has 176 valence electrons. The number of alkyl halides is 2. The summed E-state index contributed by atoms with van der Waals surface area (Å²) in [5.41, 5.74) is -1.99. The van der Waals surface area contributed by atoms with Crippen LogP contribution in [0.25, 0.3) is 0 Å². The van der Waals surface area contributed by atoms with E-state index in [0.717, 1.165) is 23.3 Å². The number of rotatable bonds is 7. The number of ether oxygens (including phenoxy) is 1. The zero-order valence-electron chi connectivity index (χ0n) is 18.8. The van der Waals surface area contributed by atoms with Crippen LogP contribution in [0.4, 0.5) is 10.1 Å². The molecule has 2 fully saturated rings. The summed E-state index contributed by atoms with van der Waals surface area (Å²) in [5.74, 6) is -1.50. The molecule has 1 N–H and O–H groups in total. The van der Waals surface area contributed by atoms with E-state index in [-0.39, 0.29) is 11.5 Å². The van der Waals surface area contributed by atoms with Crippen molar-refractivity contribution in [2.24, 2.45) is 0 Å². The molecule has 2 amide bonds. The Morgan fingerprint density at radius 3 is 2.36 bits per heavy atom. The lowest BCUT2D eigenvalue weighted by atomic mass is 9.88. The summed E-state index contributed by atoms with van der Waals surface area (Å²) in [6, 6.07) is 7.19. The van der Waals surface area contributed by atoms with Gasteiger partial charge in [0.05, 0.1) is 0 Å². The van der Waals surface area contributed by atoms with Crippen LogP contribution in [0.2, 0.25) is 0 Å². The van der Waals surface area contributed by atoms with Crippen LogP contribution in [0.15, 0.2) is 43.0 Å². The van der Waals surface area contributed by atoms with Gasteiger partial charge in [-0.05, 0) is 55.7 Å². The summed E-state index contributed by atoms with van der Waals surface area (Å²) in [5, 5.41) is 3.01. The van der Waals surface area contributed by atoms with E-state index in [0.29, 0.717) is 37.3 Å². The van der Waals surface area contributed by atoms with Gasteiger partial charge in [-0.25, -0.2) is 14.4 Å². The van der Waals surface area contributed by atoms with Crippen molar-refractivity contribution >= 4 is 29.1 Å². The van der Waals surface area contributed by atoms with Crippen molar-refractivity contribution < 1.29 is 18.7 Å². The molecule has 1 aromatic heterocycles. The van der Waals surface area contributed by atoms with Crippen LogP contribution >= 0.6 is 11.6 Å². The van der Waals surface area contributed by atoms with E-state index in [2.05, 4.69) is 22.2 Å². The van der Waals surface area contributed by atoms with Crippen molar-refractivity contribution in [3.63, 3.8) is 0 Å². The zero-order valence-corrected chi connectivity index (χ0v) is 19.5. The van der Waals surface area contributed by atoms with Gasteiger partial charge in [-0.2, -0.15) is 0 Å². The first-order valence-electron chi connectivity index (χ1n) is 11.1. The van der Waals surface area contributed by atoms with Crippen molar-refractivity contribution in [3.05, 3.63) is 54.1 Å². The Morgan fingerprint density at radius 1 is 1.21 bits per heavy atom. The van der Waals surface area contributed by atoms with E-state index in [1.165, 1.54) is 18.7 Å². The smallest absolute Gasteiger partial charge is 0.278 e. The van der Waals surface area contributed by atoms with Crippen molar-refractivity contribution in [1.29, 1.82) is 0 Å². The van der Waals surface area contributed by atoms with E-state index < -0.39 is 23.0 Å². The summed E-state index contributed by atoms with van der Waals surface area (Å²) in [7, 11) is 0. The lowest BCUT2D eigenvalue weighted by Crippen LogP contribution is -2.60. The highest BCUT2D eigenvalue weighted by Crippen LogP contribution is 2.48. The summed E-state index contributed by atoms with van der Waals surface area (Å²) >= 11 is 5.64. The molecule has 7 nitrogen and oxygen atoms in total. The first-order chi connectivity index (χ1) is 15.8. The maximum Gasteiger partial charge on any atom is 0.278 e. The Morgan fingerprint density at radius 2 is 1.82 bits per heavy atom. The average molecular weight is 475 g/mol. The Balaban J connectivity index is 1.77. The lowest BCUT2D eigenvalue weighted by Gasteiger charge is -2.41.